The van der Waals surface area contributed by atoms with Crippen LogP contribution in [-0.4, -0.2) is 12.5 Å². The van der Waals surface area contributed by atoms with Gasteiger partial charge in [0, 0.05) is 18.7 Å². The van der Waals surface area contributed by atoms with Crippen LogP contribution in [0.5, 0.6) is 0 Å². The van der Waals surface area contributed by atoms with E-state index in [0.29, 0.717) is 12.2 Å². The molecular weight excluding hydrogens is 231 g/mol. The summed E-state index contributed by atoms with van der Waals surface area (Å²) in [6, 6.07) is 6.22. The molecule has 5 heteroatoms. The Morgan fingerprint density at radius 1 is 1.56 bits per heavy atom. The van der Waals surface area contributed by atoms with Crippen molar-refractivity contribution in [3.8, 4) is 6.07 Å². The average molecular weight is 239 g/mol. The van der Waals surface area contributed by atoms with Crippen molar-refractivity contribution < 1.29 is 9.18 Å². The Bertz CT molecular complexity index is 483. The van der Waals surface area contributed by atoms with Crippen LogP contribution in [0.15, 0.2) is 18.2 Å². The molecule has 0 bridgehead atoms. The van der Waals surface area contributed by atoms with Gasteiger partial charge in [-0.3, -0.25) is 4.79 Å². The van der Waals surface area contributed by atoms with E-state index in [9.17, 15) is 9.18 Å². The van der Waals surface area contributed by atoms with Crippen molar-refractivity contribution in [1.82, 2.24) is 0 Å². The minimum Gasteiger partial charge on any atom is -0.311 e. The van der Waals surface area contributed by atoms with Crippen molar-refractivity contribution in [3.63, 3.8) is 0 Å². The SMILES string of the molecule is N#CC1CC(=O)N(c2ccc(Cl)c(F)c2)C1. The Balaban J connectivity index is 2.29. The second-order valence-corrected chi connectivity index (χ2v) is 4.04. The third kappa shape index (κ3) is 1.86. The maximum absolute atomic E-state index is 13.2. The largest absolute Gasteiger partial charge is 0.311 e. The van der Waals surface area contributed by atoms with Gasteiger partial charge in [0.2, 0.25) is 5.91 Å². The minimum atomic E-state index is -0.563. The first-order chi connectivity index (χ1) is 7.61. The molecule has 3 nitrogen and oxygen atoms in total. The summed E-state index contributed by atoms with van der Waals surface area (Å²) >= 11 is 5.55. The standard InChI is InChI=1S/C11H8ClFN2O/c12-9-2-1-8(4-10(9)13)15-6-7(5-14)3-11(15)16/h1-2,4,7H,3,6H2. The van der Waals surface area contributed by atoms with Crippen molar-refractivity contribution >= 4 is 23.2 Å². The normalized spacial score (nSPS) is 19.9. The molecule has 1 aromatic carbocycles. The van der Waals surface area contributed by atoms with Crippen molar-refractivity contribution in [2.75, 3.05) is 11.4 Å². The fraction of sp³-hybridized carbons (Fsp3) is 0.273. The lowest BCUT2D eigenvalue weighted by atomic mass is 10.1. The number of carbonyl (C=O) groups excluding carboxylic acids is 1. The fourth-order valence-electron chi connectivity index (χ4n) is 1.70. The molecule has 1 aliphatic heterocycles. The van der Waals surface area contributed by atoms with Crippen LogP contribution in [0.3, 0.4) is 0 Å². The molecule has 1 amide bonds. The number of carbonyl (C=O) groups is 1. The second-order valence-electron chi connectivity index (χ2n) is 3.63. The molecule has 2 rings (SSSR count). The fourth-order valence-corrected chi connectivity index (χ4v) is 1.81. The molecule has 1 atom stereocenters. The number of anilines is 1. The maximum Gasteiger partial charge on any atom is 0.228 e. The first kappa shape index (κ1) is 10.9. The van der Waals surface area contributed by atoms with Crippen LogP contribution in [0.25, 0.3) is 0 Å². The van der Waals surface area contributed by atoms with Gasteiger partial charge in [-0.05, 0) is 18.2 Å². The summed E-state index contributed by atoms with van der Waals surface area (Å²) in [5, 5.41) is 8.74. The Morgan fingerprint density at radius 3 is 2.88 bits per heavy atom. The lowest BCUT2D eigenvalue weighted by Gasteiger charge is -2.15. The molecule has 1 heterocycles. The zero-order chi connectivity index (χ0) is 11.7. The van der Waals surface area contributed by atoms with E-state index in [0.717, 1.165) is 0 Å². The second kappa shape index (κ2) is 4.11. The number of hydrogen-bond acceptors (Lipinski definition) is 2. The number of halogens is 2. The van der Waals surface area contributed by atoms with Crippen molar-refractivity contribution in [2.24, 2.45) is 5.92 Å². The van der Waals surface area contributed by atoms with Gasteiger partial charge in [-0.25, -0.2) is 4.39 Å². The highest BCUT2D eigenvalue weighted by molar-refractivity contribution is 6.30. The van der Waals surface area contributed by atoms with E-state index in [4.69, 9.17) is 16.9 Å². The molecule has 0 radical (unpaired) electrons. The van der Waals surface area contributed by atoms with Crippen LogP contribution in [-0.2, 0) is 4.79 Å². The van der Waals surface area contributed by atoms with Gasteiger partial charge in [0.15, 0.2) is 0 Å². The van der Waals surface area contributed by atoms with E-state index in [2.05, 4.69) is 0 Å². The molecule has 1 fully saturated rings. The van der Waals surface area contributed by atoms with Crippen molar-refractivity contribution in [1.29, 1.82) is 5.26 Å². The molecule has 1 aliphatic rings. The highest BCUT2D eigenvalue weighted by Crippen LogP contribution is 2.27. The van der Waals surface area contributed by atoms with Gasteiger partial charge in [0.25, 0.3) is 0 Å². The number of hydrogen-bond donors (Lipinski definition) is 0. The van der Waals surface area contributed by atoms with Gasteiger partial charge in [0.1, 0.15) is 5.82 Å². The summed E-state index contributed by atoms with van der Waals surface area (Å²) in [5.74, 6) is -1.04. The molecular formula is C11H8ClFN2O. The van der Waals surface area contributed by atoms with Crippen LogP contribution < -0.4 is 4.90 Å². The number of amides is 1. The zero-order valence-corrected chi connectivity index (χ0v) is 9.04. The summed E-state index contributed by atoms with van der Waals surface area (Å²) in [6.45, 7) is 0.316. The lowest BCUT2D eigenvalue weighted by Crippen LogP contribution is -2.24. The molecule has 1 unspecified atom stereocenters. The van der Waals surface area contributed by atoms with Gasteiger partial charge in [-0.15, -0.1) is 0 Å². The molecule has 0 N–H and O–H groups in total. The Morgan fingerprint density at radius 2 is 2.31 bits per heavy atom. The van der Waals surface area contributed by atoms with E-state index < -0.39 is 5.82 Å². The van der Waals surface area contributed by atoms with E-state index in [-0.39, 0.29) is 23.3 Å². The number of nitriles is 1. The summed E-state index contributed by atoms with van der Waals surface area (Å²) in [4.78, 5) is 13.0. The predicted octanol–water partition coefficient (Wildman–Crippen LogP) is 2.36. The van der Waals surface area contributed by atoms with Crippen LogP contribution in [0, 0.1) is 23.1 Å². The lowest BCUT2D eigenvalue weighted by molar-refractivity contribution is -0.117. The van der Waals surface area contributed by atoms with Crippen LogP contribution in [0.4, 0.5) is 10.1 Å². The van der Waals surface area contributed by atoms with Crippen LogP contribution in [0.1, 0.15) is 6.42 Å². The van der Waals surface area contributed by atoms with Crippen LogP contribution in [0.2, 0.25) is 5.02 Å². The van der Waals surface area contributed by atoms with Crippen molar-refractivity contribution in [3.05, 3.63) is 29.0 Å². The van der Waals surface area contributed by atoms with E-state index in [1.807, 2.05) is 6.07 Å². The van der Waals surface area contributed by atoms with E-state index in [1.54, 1.807) is 6.07 Å². The van der Waals surface area contributed by atoms with Gasteiger partial charge >= 0.3 is 0 Å². The smallest absolute Gasteiger partial charge is 0.228 e. The highest BCUT2D eigenvalue weighted by atomic mass is 35.5. The summed E-state index contributed by atoms with van der Waals surface area (Å²) in [5.41, 5.74) is 0.449. The Hall–Kier alpha value is -1.60. The van der Waals surface area contributed by atoms with E-state index in [1.165, 1.54) is 17.0 Å². The summed E-state index contributed by atoms with van der Waals surface area (Å²) < 4.78 is 13.2. The molecule has 0 spiro atoms. The molecule has 0 aliphatic carbocycles. The maximum atomic E-state index is 13.2. The minimum absolute atomic E-state index is 0.0206. The quantitative estimate of drug-likeness (QED) is 0.754. The van der Waals surface area contributed by atoms with E-state index >= 15 is 0 Å². The third-order valence-electron chi connectivity index (χ3n) is 2.52. The number of benzene rings is 1. The molecule has 1 saturated heterocycles. The highest BCUT2D eigenvalue weighted by Gasteiger charge is 2.30. The summed E-state index contributed by atoms with van der Waals surface area (Å²) in [7, 11) is 0. The Labute approximate surface area is 97.0 Å². The van der Waals surface area contributed by atoms with Crippen molar-refractivity contribution in [2.45, 2.75) is 6.42 Å². The van der Waals surface area contributed by atoms with Crippen LogP contribution >= 0.6 is 11.6 Å². The monoisotopic (exact) mass is 238 g/mol. The zero-order valence-electron chi connectivity index (χ0n) is 8.28. The predicted molar refractivity (Wildman–Crippen MR) is 57.5 cm³/mol. The van der Waals surface area contributed by atoms with Gasteiger partial charge < -0.3 is 4.90 Å². The Kier molecular flexibility index (Phi) is 2.80. The first-order valence-corrected chi connectivity index (χ1v) is 5.14. The molecule has 82 valence electrons. The molecule has 16 heavy (non-hydrogen) atoms. The molecule has 0 saturated carbocycles. The summed E-state index contributed by atoms with van der Waals surface area (Å²) in [6.07, 6.45) is 0.195. The number of rotatable bonds is 1. The first-order valence-electron chi connectivity index (χ1n) is 4.77. The molecule has 0 aromatic heterocycles. The topological polar surface area (TPSA) is 44.1 Å². The molecule has 1 aromatic rings. The van der Waals surface area contributed by atoms with Gasteiger partial charge in [0.05, 0.1) is 17.0 Å². The average Bonchev–Trinajstić information content (AvgIpc) is 2.64. The van der Waals surface area contributed by atoms with Gasteiger partial charge in [-0.2, -0.15) is 5.26 Å². The number of nitrogens with zero attached hydrogens (tertiary/aromatic N) is 2. The third-order valence-corrected chi connectivity index (χ3v) is 2.83. The van der Waals surface area contributed by atoms with Gasteiger partial charge in [-0.1, -0.05) is 11.6 Å².